The third kappa shape index (κ3) is 5.30. The summed E-state index contributed by atoms with van der Waals surface area (Å²) < 4.78 is 35.4. The first-order valence-electron chi connectivity index (χ1n) is 9.87. The average Bonchev–Trinajstić information content (AvgIpc) is 2.71. The van der Waals surface area contributed by atoms with E-state index in [1.165, 1.54) is 17.6 Å². The van der Waals surface area contributed by atoms with Gasteiger partial charge in [0, 0.05) is 31.0 Å². The number of carbonyl (C=O) groups is 1. The van der Waals surface area contributed by atoms with E-state index in [4.69, 9.17) is 9.47 Å². The fourth-order valence-electron chi connectivity index (χ4n) is 3.30. The molecule has 0 saturated carbocycles. The van der Waals surface area contributed by atoms with Gasteiger partial charge in [-0.1, -0.05) is 37.3 Å². The van der Waals surface area contributed by atoms with E-state index in [0.717, 1.165) is 11.8 Å². The molecule has 0 bridgehead atoms. The zero-order valence-electron chi connectivity index (χ0n) is 17.8. The van der Waals surface area contributed by atoms with Crippen LogP contribution in [0.15, 0.2) is 53.5 Å². The van der Waals surface area contributed by atoms with E-state index < -0.39 is 26.5 Å². The molecule has 0 aliphatic carbocycles. The lowest BCUT2D eigenvalue weighted by Crippen LogP contribution is -2.52. The quantitative estimate of drug-likeness (QED) is 0.533. The van der Waals surface area contributed by atoms with E-state index in [2.05, 4.69) is 0 Å². The summed E-state index contributed by atoms with van der Waals surface area (Å²) in [5.41, 5.74) is 0.643. The van der Waals surface area contributed by atoms with Crippen molar-refractivity contribution in [3.63, 3.8) is 0 Å². The van der Waals surface area contributed by atoms with Crippen LogP contribution >= 0.6 is 0 Å². The second kappa shape index (κ2) is 9.93. The number of carbonyl (C=O) groups excluding carboxylic acids is 1. The molecule has 0 aliphatic heterocycles. The Hall–Kier alpha value is -2.61. The van der Waals surface area contributed by atoms with Crippen LogP contribution in [-0.2, 0) is 32.5 Å². The number of nitrogens with zero attached hydrogens (tertiary/aromatic N) is 1. The highest BCUT2D eigenvalue weighted by atomic mass is 32.2. The van der Waals surface area contributed by atoms with Crippen LogP contribution < -0.4 is 10.3 Å². The van der Waals surface area contributed by atoms with Crippen LogP contribution in [0.25, 0.3) is 0 Å². The number of hydrogen-bond acceptors (Lipinski definition) is 6. The third-order valence-electron chi connectivity index (χ3n) is 5.36. The predicted molar refractivity (Wildman–Crippen MR) is 115 cm³/mol. The van der Waals surface area contributed by atoms with Crippen LogP contribution in [0.1, 0.15) is 32.8 Å². The summed E-state index contributed by atoms with van der Waals surface area (Å²) in [5.74, 6) is -1.01. The van der Waals surface area contributed by atoms with Gasteiger partial charge in [-0.25, -0.2) is 8.42 Å². The summed E-state index contributed by atoms with van der Waals surface area (Å²) in [5, 5.41) is 0. The summed E-state index contributed by atoms with van der Waals surface area (Å²) in [6.07, 6.45) is 2.95. The van der Waals surface area contributed by atoms with Crippen molar-refractivity contribution >= 4 is 15.8 Å². The molecular formula is C22H29NO6S. The lowest BCUT2D eigenvalue weighted by atomic mass is 9.90. The first kappa shape index (κ1) is 23.7. The van der Waals surface area contributed by atoms with Gasteiger partial charge in [-0.15, -0.1) is 0 Å². The van der Waals surface area contributed by atoms with Gasteiger partial charge >= 0.3 is 5.97 Å². The highest BCUT2D eigenvalue weighted by molar-refractivity contribution is 7.92. The molecule has 30 heavy (non-hydrogen) atoms. The number of aromatic nitrogens is 1. The highest BCUT2D eigenvalue weighted by Crippen LogP contribution is 2.32. The van der Waals surface area contributed by atoms with Crippen molar-refractivity contribution in [2.24, 2.45) is 5.92 Å². The number of rotatable bonds is 10. The second-order valence-electron chi connectivity index (χ2n) is 7.33. The summed E-state index contributed by atoms with van der Waals surface area (Å²) in [4.78, 5) is 25.1. The molecule has 1 aromatic carbocycles. The lowest BCUT2D eigenvalue weighted by molar-refractivity contribution is -0.147. The molecule has 0 aliphatic rings. The minimum absolute atomic E-state index is 0.0662. The Balaban J connectivity index is 2.23. The molecular weight excluding hydrogens is 406 g/mol. The Morgan fingerprint density at radius 3 is 2.37 bits per heavy atom. The van der Waals surface area contributed by atoms with Gasteiger partial charge in [-0.2, -0.15) is 0 Å². The van der Waals surface area contributed by atoms with Crippen molar-refractivity contribution in [3.8, 4) is 5.75 Å². The Morgan fingerprint density at radius 1 is 1.17 bits per heavy atom. The summed E-state index contributed by atoms with van der Waals surface area (Å²) in [6.45, 7) is 5.26. The van der Waals surface area contributed by atoms with Crippen molar-refractivity contribution < 1.29 is 22.7 Å². The molecule has 0 saturated heterocycles. The molecule has 2 atom stereocenters. The van der Waals surface area contributed by atoms with Crippen LogP contribution in [0.2, 0.25) is 0 Å². The number of sulfone groups is 1. The van der Waals surface area contributed by atoms with Gasteiger partial charge in [-0.3, -0.25) is 9.59 Å². The van der Waals surface area contributed by atoms with Crippen molar-refractivity contribution in [3.05, 3.63) is 64.6 Å². The summed E-state index contributed by atoms with van der Waals surface area (Å²) in [6, 6.07) is 12.6. The molecule has 1 heterocycles. The van der Waals surface area contributed by atoms with Gasteiger partial charge in [-0.05, 0) is 31.9 Å². The van der Waals surface area contributed by atoms with Crippen molar-refractivity contribution in [1.82, 2.24) is 4.57 Å². The van der Waals surface area contributed by atoms with Crippen LogP contribution in [0, 0.1) is 5.92 Å². The van der Waals surface area contributed by atoms with Crippen LogP contribution in [0.5, 0.6) is 5.75 Å². The molecule has 8 heteroatoms. The second-order valence-corrected chi connectivity index (χ2v) is 9.72. The fraction of sp³-hybridized carbons (Fsp3) is 0.455. The topological polar surface area (TPSA) is 91.7 Å². The summed E-state index contributed by atoms with van der Waals surface area (Å²) in [7, 11) is -3.79. The Bertz CT molecular complexity index is 1020. The molecule has 0 spiro atoms. The monoisotopic (exact) mass is 435 g/mol. The first-order chi connectivity index (χ1) is 14.1. The van der Waals surface area contributed by atoms with E-state index in [9.17, 15) is 18.0 Å². The van der Waals surface area contributed by atoms with Crippen molar-refractivity contribution in [1.29, 1.82) is 0 Å². The van der Waals surface area contributed by atoms with Gasteiger partial charge in [0.05, 0.1) is 6.61 Å². The number of hydrogen-bond donors (Lipinski definition) is 0. The van der Waals surface area contributed by atoms with E-state index in [0.29, 0.717) is 18.8 Å². The third-order valence-corrected chi connectivity index (χ3v) is 7.40. The van der Waals surface area contributed by atoms with E-state index >= 15 is 0 Å². The molecule has 0 fully saturated rings. The van der Waals surface area contributed by atoms with Gasteiger partial charge in [0.2, 0.25) is 0 Å². The normalized spacial score (nSPS) is 14.5. The largest absolute Gasteiger partial charge is 0.489 e. The minimum Gasteiger partial charge on any atom is -0.489 e. The maximum Gasteiger partial charge on any atom is 0.327 e. The lowest BCUT2D eigenvalue weighted by Gasteiger charge is -2.33. The minimum atomic E-state index is -3.79. The van der Waals surface area contributed by atoms with Crippen molar-refractivity contribution in [2.45, 2.75) is 45.1 Å². The molecule has 0 amide bonds. The standard InChI is InChI=1S/C22H29NO6S/c1-5-18(22(3,30(4,26)27)21(25)28-6-2)15-23-13-12-19(14-20(23)24)29-16-17-10-8-7-9-11-17/h7-14,18H,5-6,15-16H2,1-4H3. The van der Waals surface area contributed by atoms with E-state index in [1.807, 2.05) is 30.3 Å². The maximum absolute atomic E-state index is 12.6. The molecule has 0 radical (unpaired) electrons. The van der Waals surface area contributed by atoms with Gasteiger partial charge < -0.3 is 14.0 Å². The molecule has 2 unspecified atom stereocenters. The number of benzene rings is 1. The Labute approximate surface area is 177 Å². The van der Waals surface area contributed by atoms with E-state index in [1.54, 1.807) is 26.1 Å². The molecule has 2 rings (SSSR count). The van der Waals surface area contributed by atoms with Gasteiger partial charge in [0.25, 0.3) is 5.56 Å². The molecule has 0 N–H and O–H groups in total. The zero-order chi connectivity index (χ0) is 22.4. The van der Waals surface area contributed by atoms with Gasteiger partial charge in [0.1, 0.15) is 12.4 Å². The van der Waals surface area contributed by atoms with Gasteiger partial charge in [0.15, 0.2) is 14.6 Å². The summed E-state index contributed by atoms with van der Waals surface area (Å²) >= 11 is 0. The van der Waals surface area contributed by atoms with Crippen LogP contribution in [-0.4, -0.2) is 36.6 Å². The maximum atomic E-state index is 12.6. The van der Waals surface area contributed by atoms with E-state index in [-0.39, 0.29) is 18.7 Å². The molecule has 2 aromatic rings. The SMILES string of the molecule is CCOC(=O)C(C)(C(CC)Cn1ccc(OCc2ccccc2)cc1=O)S(C)(=O)=O. The molecule has 7 nitrogen and oxygen atoms in total. The average molecular weight is 436 g/mol. The number of pyridine rings is 1. The number of ether oxygens (including phenoxy) is 2. The zero-order valence-corrected chi connectivity index (χ0v) is 18.6. The Morgan fingerprint density at radius 2 is 1.83 bits per heavy atom. The fourth-order valence-corrected chi connectivity index (χ4v) is 4.50. The highest BCUT2D eigenvalue weighted by Gasteiger charge is 2.50. The van der Waals surface area contributed by atoms with Crippen LogP contribution in [0.3, 0.4) is 0 Å². The Kier molecular flexibility index (Phi) is 7.83. The molecule has 1 aromatic heterocycles. The number of esters is 1. The molecule has 164 valence electrons. The predicted octanol–water partition coefficient (Wildman–Crippen LogP) is 2.82. The smallest absolute Gasteiger partial charge is 0.327 e. The van der Waals surface area contributed by atoms with Crippen LogP contribution in [0.4, 0.5) is 0 Å². The first-order valence-corrected chi connectivity index (χ1v) is 11.8. The van der Waals surface area contributed by atoms with Crippen molar-refractivity contribution in [2.75, 3.05) is 12.9 Å².